The van der Waals surface area contributed by atoms with Crippen LogP contribution >= 0.6 is 37.7 Å². The lowest BCUT2D eigenvalue weighted by atomic mass is 9.80. The number of aromatic nitrogens is 2. The van der Waals surface area contributed by atoms with E-state index >= 15 is 4.57 Å². The van der Waals surface area contributed by atoms with E-state index in [9.17, 15) is 9.59 Å². The molecule has 1 aromatic heterocycles. The Morgan fingerprint density at radius 3 is 1.71 bits per heavy atom. The molecule has 1 aliphatic rings. The summed E-state index contributed by atoms with van der Waals surface area (Å²) in [6.45, 7) is -3.15. The van der Waals surface area contributed by atoms with Crippen LogP contribution in [0, 0.1) is 6.92 Å². The van der Waals surface area contributed by atoms with E-state index in [0.717, 1.165) is 16.7 Å². The van der Waals surface area contributed by atoms with Gasteiger partial charge < -0.3 is 32.5 Å². The maximum absolute atomic E-state index is 15.1. The molecule has 0 saturated carbocycles. The van der Waals surface area contributed by atoms with Gasteiger partial charge in [0.15, 0.2) is 0 Å². The topological polar surface area (TPSA) is 155 Å². The number of hydrogen-bond donors (Lipinski definition) is 1. The average Bonchev–Trinajstić information content (AvgIpc) is 3.72. The van der Waals surface area contributed by atoms with Crippen molar-refractivity contribution >= 4 is 49.6 Å². The Bertz CT molecular complexity index is 2930. The number of hydrogen-bond acceptors (Lipinski definition) is 13. The molecule has 8 rings (SSSR count). The van der Waals surface area contributed by atoms with Crippen LogP contribution in [0.4, 0.5) is 0 Å². The van der Waals surface area contributed by atoms with Gasteiger partial charge in [0.25, 0.3) is 5.56 Å². The van der Waals surface area contributed by atoms with Gasteiger partial charge in [0.05, 0.1) is 20.8 Å². The van der Waals surface area contributed by atoms with E-state index in [2.05, 4.69) is 4.98 Å². The molecule has 0 spiro atoms. The molecule has 4 atom stereocenters. The molecule has 352 valence electrons. The first kappa shape index (κ1) is 48.7. The monoisotopic (exact) mass is 1020 g/mol. The quantitative estimate of drug-likeness (QED) is 0.0604. The van der Waals surface area contributed by atoms with Gasteiger partial charge in [-0.25, -0.2) is 9.36 Å². The van der Waals surface area contributed by atoms with Crippen molar-refractivity contribution in [2.24, 2.45) is 0 Å². The first-order valence-electron chi connectivity index (χ1n) is 21.0. The van der Waals surface area contributed by atoms with Crippen LogP contribution in [0.25, 0.3) is 0 Å². The zero-order chi connectivity index (χ0) is 47.9. The van der Waals surface area contributed by atoms with Crippen molar-refractivity contribution in [2.45, 2.75) is 37.4 Å². The molecule has 1 saturated heterocycles. The normalized spacial score (nSPS) is 16.9. The van der Waals surface area contributed by atoms with Gasteiger partial charge >= 0.3 is 20.2 Å². The van der Waals surface area contributed by atoms with Crippen molar-refractivity contribution in [3.8, 4) is 28.7 Å². The van der Waals surface area contributed by atoms with Gasteiger partial charge in [0.1, 0.15) is 52.8 Å². The number of para-hydroxylation sites is 2. The molecule has 1 fully saturated rings. The fraction of sp³-hybridized carbons (Fsp3) is 0.184. The van der Waals surface area contributed by atoms with Crippen LogP contribution in [-0.4, -0.2) is 42.6 Å². The number of aromatic amines is 1. The molecular weight excluding hydrogens is 973 g/mol. The molecule has 0 aliphatic carbocycles. The fourth-order valence-corrected chi connectivity index (χ4v) is 12.7. The molecule has 1 N–H and O–H groups in total. The number of phosphoric ester groups is 1. The lowest BCUT2D eigenvalue weighted by molar-refractivity contribution is -0.0922. The number of ether oxygens (including phenoxy) is 4. The van der Waals surface area contributed by atoms with Crippen molar-refractivity contribution < 1.29 is 45.9 Å². The van der Waals surface area contributed by atoms with Gasteiger partial charge in [-0.15, -0.1) is 0 Å². The highest BCUT2D eigenvalue weighted by molar-refractivity contribution is 8.09. The van der Waals surface area contributed by atoms with E-state index in [-0.39, 0.29) is 45.9 Å². The van der Waals surface area contributed by atoms with Gasteiger partial charge in [-0.05, 0) is 90.3 Å². The first-order chi connectivity index (χ1) is 32.8. The summed E-state index contributed by atoms with van der Waals surface area (Å²) < 4.78 is 72.8. The Morgan fingerprint density at radius 2 is 1.19 bits per heavy atom. The molecule has 7 aromatic rings. The van der Waals surface area contributed by atoms with Crippen LogP contribution < -0.4 is 34.3 Å². The summed E-state index contributed by atoms with van der Waals surface area (Å²) in [6, 6.07) is 45.3. The highest BCUT2D eigenvalue weighted by Gasteiger charge is 2.49. The van der Waals surface area contributed by atoms with Crippen LogP contribution in [0.3, 0.4) is 0 Å². The van der Waals surface area contributed by atoms with Crippen LogP contribution in [0.2, 0.25) is 10.0 Å². The second-order valence-electron chi connectivity index (χ2n) is 15.3. The summed E-state index contributed by atoms with van der Waals surface area (Å²) in [4.78, 5) is 28.4. The smallest absolute Gasteiger partial charge is 0.497 e. The van der Waals surface area contributed by atoms with E-state index < -0.39 is 49.8 Å². The Morgan fingerprint density at radius 1 is 0.691 bits per heavy atom. The minimum atomic E-state index is -4.85. The first-order valence-corrected chi connectivity index (χ1v) is 25.7. The van der Waals surface area contributed by atoms with Crippen LogP contribution in [0.15, 0.2) is 174 Å². The SMILES string of the molecule is COc1ccc(C(OC[C@H]2O[C@@H](n3cc(C)c(=O)[nH]c3=O)C[C@@H]2OP(=S)(Oc2cc(Cl)cc(Cl)c2)OP(=O)(Oc2ccccc2)Oc2ccccc2)(c2ccccc2)c2ccc(OC)cc2)cc1. The number of aryl methyl sites for hydroxylation is 1. The molecule has 0 radical (unpaired) electrons. The van der Waals surface area contributed by atoms with Crippen LogP contribution in [0.5, 0.6) is 28.7 Å². The largest absolute Gasteiger partial charge is 0.595 e. The molecule has 1 aliphatic heterocycles. The molecule has 68 heavy (non-hydrogen) atoms. The predicted molar refractivity (Wildman–Crippen MR) is 262 cm³/mol. The van der Waals surface area contributed by atoms with Crippen molar-refractivity contribution in [1.82, 2.24) is 9.55 Å². The zero-order valence-electron chi connectivity index (χ0n) is 36.6. The van der Waals surface area contributed by atoms with Gasteiger partial charge in [0.2, 0.25) is 0 Å². The summed E-state index contributed by atoms with van der Waals surface area (Å²) in [5.41, 5.74) is -0.181. The summed E-state index contributed by atoms with van der Waals surface area (Å²) in [7, 11) is -1.68. The van der Waals surface area contributed by atoms with Crippen molar-refractivity contribution in [2.75, 3.05) is 20.8 Å². The second-order valence-corrected chi connectivity index (χ2v) is 20.7. The zero-order valence-corrected chi connectivity index (χ0v) is 40.8. The maximum atomic E-state index is 15.1. The Balaban J connectivity index is 1.24. The lowest BCUT2D eigenvalue weighted by Gasteiger charge is -2.37. The van der Waals surface area contributed by atoms with E-state index in [1.165, 1.54) is 29.0 Å². The highest BCUT2D eigenvalue weighted by atomic mass is 35.5. The minimum Gasteiger partial charge on any atom is -0.497 e. The molecule has 6 aromatic carbocycles. The number of nitrogens with zero attached hydrogens (tertiary/aromatic N) is 1. The van der Waals surface area contributed by atoms with E-state index in [1.807, 2.05) is 78.9 Å². The number of phosphoric acid groups is 1. The van der Waals surface area contributed by atoms with Crippen molar-refractivity contribution in [3.05, 3.63) is 217 Å². The summed E-state index contributed by atoms with van der Waals surface area (Å²) in [5, 5.41) is 0.381. The van der Waals surface area contributed by atoms with Crippen LogP contribution in [-0.2, 0) is 40.3 Å². The number of H-pyrrole nitrogens is 1. The molecule has 0 bridgehead atoms. The van der Waals surface area contributed by atoms with Gasteiger partial charge in [-0.3, -0.25) is 18.9 Å². The standard InChI is InChI=1S/C49H44Cl2N2O12P2S/c1-33-31-53(48(55)52-47(33)54)46-30-44(45(60-46)32-59-49(34-13-7-4-8-14-34,35-19-23-39(57-2)24-20-35)36-21-25-40(58-3)26-22-36)64-67(68,63-43-28-37(50)27-38(51)29-43)65-66(56,61-41-15-9-5-10-16-41)62-42-17-11-6-12-18-42/h4-29,31,44-46H,30,32H2,1-3H3,(H,52,54,55)/t44-,45+,46+,67?/m0/s1. The molecule has 1 unspecified atom stereocenters. The van der Waals surface area contributed by atoms with E-state index in [0.29, 0.717) is 11.5 Å². The number of halogens is 2. The predicted octanol–water partition coefficient (Wildman–Crippen LogP) is 11.4. The van der Waals surface area contributed by atoms with Crippen molar-refractivity contribution in [3.63, 3.8) is 0 Å². The Kier molecular flexibility index (Phi) is 15.3. The molecule has 19 heteroatoms. The molecule has 14 nitrogen and oxygen atoms in total. The van der Waals surface area contributed by atoms with Crippen LogP contribution in [0.1, 0.15) is 34.9 Å². The highest BCUT2D eigenvalue weighted by Crippen LogP contribution is 2.66. The summed E-state index contributed by atoms with van der Waals surface area (Å²) in [5.74, 6) is 1.50. The fourth-order valence-electron chi connectivity index (χ4n) is 7.54. The van der Waals surface area contributed by atoms with Gasteiger partial charge in [-0.2, -0.15) is 4.31 Å². The summed E-state index contributed by atoms with van der Waals surface area (Å²) in [6.07, 6.45) is -2.00. The third-order valence-electron chi connectivity index (χ3n) is 10.7. The molecule has 2 heterocycles. The molecular formula is C49H44Cl2N2O12P2S. The number of nitrogens with one attached hydrogen (secondary N) is 1. The van der Waals surface area contributed by atoms with E-state index in [1.54, 1.807) is 81.8 Å². The third kappa shape index (κ3) is 11.4. The average molecular weight is 1020 g/mol. The number of rotatable bonds is 19. The minimum absolute atomic E-state index is 0.00894. The third-order valence-corrected chi connectivity index (χ3v) is 15.7. The Labute approximate surface area is 407 Å². The lowest BCUT2D eigenvalue weighted by Crippen LogP contribution is -2.38. The molecule has 0 amide bonds. The number of methoxy groups -OCH3 is 2. The maximum Gasteiger partial charge on any atom is 0.595 e. The van der Waals surface area contributed by atoms with Crippen molar-refractivity contribution in [1.29, 1.82) is 0 Å². The number of benzene rings is 6. The van der Waals surface area contributed by atoms with Gasteiger partial charge in [0, 0.05) is 40.0 Å². The van der Waals surface area contributed by atoms with Gasteiger partial charge in [-0.1, -0.05) is 114 Å². The second kappa shape index (κ2) is 21.3. The van der Waals surface area contributed by atoms with E-state index in [4.69, 9.17) is 76.4 Å². The summed E-state index contributed by atoms with van der Waals surface area (Å²) >= 11 is 19.1. The Hall–Kier alpha value is -5.70.